The van der Waals surface area contributed by atoms with Gasteiger partial charge in [-0.05, 0) is 31.7 Å². The molecule has 1 aliphatic heterocycles. The lowest BCUT2D eigenvalue weighted by Gasteiger charge is -2.25. The molecule has 2 N–H and O–H groups in total. The smallest absolute Gasteiger partial charge is 0.227 e. The molecule has 0 aromatic heterocycles. The molecule has 0 saturated carbocycles. The summed E-state index contributed by atoms with van der Waals surface area (Å²) in [6.07, 6.45) is 5.52. The summed E-state index contributed by atoms with van der Waals surface area (Å²) in [5.74, 6) is 1.03. The van der Waals surface area contributed by atoms with Crippen LogP contribution in [0, 0.1) is 11.3 Å². The summed E-state index contributed by atoms with van der Waals surface area (Å²) in [6, 6.07) is 0. The van der Waals surface area contributed by atoms with Crippen LogP contribution in [0.5, 0.6) is 0 Å². The average Bonchev–Trinajstić information content (AvgIpc) is 2.77. The fourth-order valence-corrected chi connectivity index (χ4v) is 2.47. The molecule has 0 bridgehead atoms. The van der Waals surface area contributed by atoms with Gasteiger partial charge in [0.1, 0.15) is 0 Å². The summed E-state index contributed by atoms with van der Waals surface area (Å²) in [4.78, 5) is 12.1. The largest absolute Gasteiger partial charge is 0.356 e. The van der Waals surface area contributed by atoms with E-state index in [4.69, 9.17) is 0 Å². The molecule has 1 heterocycles. The Labute approximate surface area is 106 Å². The van der Waals surface area contributed by atoms with Gasteiger partial charge in [-0.1, -0.05) is 33.6 Å². The third-order valence-electron chi connectivity index (χ3n) is 3.90. The van der Waals surface area contributed by atoms with Crippen molar-refractivity contribution in [3.05, 3.63) is 0 Å². The molecule has 1 unspecified atom stereocenters. The summed E-state index contributed by atoms with van der Waals surface area (Å²) in [7, 11) is 0. The van der Waals surface area contributed by atoms with Crippen LogP contribution in [0.15, 0.2) is 0 Å². The van der Waals surface area contributed by atoms with Crippen molar-refractivity contribution in [2.45, 2.75) is 52.9 Å². The van der Waals surface area contributed by atoms with Gasteiger partial charge in [0.15, 0.2) is 0 Å². The average molecular weight is 240 g/mol. The minimum absolute atomic E-state index is 0.127. The van der Waals surface area contributed by atoms with Gasteiger partial charge in [-0.2, -0.15) is 0 Å². The minimum atomic E-state index is -0.127. The highest BCUT2D eigenvalue weighted by Crippen LogP contribution is 2.29. The second-order valence-corrected chi connectivity index (χ2v) is 5.71. The number of rotatable bonds is 7. The van der Waals surface area contributed by atoms with Crippen LogP contribution in [-0.2, 0) is 4.79 Å². The Bertz CT molecular complexity index is 232. The van der Waals surface area contributed by atoms with Gasteiger partial charge in [-0.15, -0.1) is 0 Å². The van der Waals surface area contributed by atoms with Gasteiger partial charge < -0.3 is 10.6 Å². The second kappa shape index (κ2) is 7.00. The first-order valence-corrected chi connectivity index (χ1v) is 7.10. The molecule has 1 saturated heterocycles. The van der Waals surface area contributed by atoms with Gasteiger partial charge in [0.05, 0.1) is 5.41 Å². The molecule has 100 valence electrons. The number of hydrogen-bond donors (Lipinski definition) is 2. The van der Waals surface area contributed by atoms with Crippen LogP contribution < -0.4 is 10.6 Å². The highest BCUT2D eigenvalue weighted by Gasteiger charge is 2.38. The Morgan fingerprint density at radius 2 is 2.18 bits per heavy atom. The fraction of sp³-hybridized carbons (Fsp3) is 0.929. The third kappa shape index (κ3) is 4.30. The van der Waals surface area contributed by atoms with Gasteiger partial charge in [0, 0.05) is 13.1 Å². The molecule has 0 aromatic rings. The SMILES string of the molecule is CCC1(C(=O)NCCCCC(C)C)CCNC1. The van der Waals surface area contributed by atoms with Crippen molar-refractivity contribution < 1.29 is 4.79 Å². The Hall–Kier alpha value is -0.570. The van der Waals surface area contributed by atoms with Crippen LogP contribution in [0.4, 0.5) is 0 Å². The number of amides is 1. The normalized spacial score (nSPS) is 24.2. The molecule has 0 spiro atoms. The predicted molar refractivity (Wildman–Crippen MR) is 71.9 cm³/mol. The van der Waals surface area contributed by atoms with E-state index in [1.54, 1.807) is 0 Å². The molecule has 1 rings (SSSR count). The topological polar surface area (TPSA) is 41.1 Å². The lowest BCUT2D eigenvalue weighted by molar-refractivity contribution is -0.130. The molecule has 0 aliphatic carbocycles. The molecule has 17 heavy (non-hydrogen) atoms. The van der Waals surface area contributed by atoms with E-state index < -0.39 is 0 Å². The van der Waals surface area contributed by atoms with E-state index in [1.165, 1.54) is 12.8 Å². The van der Waals surface area contributed by atoms with Crippen molar-refractivity contribution in [1.82, 2.24) is 10.6 Å². The van der Waals surface area contributed by atoms with E-state index in [9.17, 15) is 4.79 Å². The van der Waals surface area contributed by atoms with Crippen molar-refractivity contribution in [3.8, 4) is 0 Å². The van der Waals surface area contributed by atoms with Crippen LogP contribution in [0.1, 0.15) is 52.9 Å². The van der Waals surface area contributed by atoms with E-state index in [-0.39, 0.29) is 11.3 Å². The van der Waals surface area contributed by atoms with Crippen LogP contribution >= 0.6 is 0 Å². The molecule has 0 aromatic carbocycles. The number of unbranched alkanes of at least 4 members (excludes halogenated alkanes) is 1. The number of nitrogens with one attached hydrogen (secondary N) is 2. The van der Waals surface area contributed by atoms with E-state index in [1.807, 2.05) is 0 Å². The van der Waals surface area contributed by atoms with Crippen LogP contribution in [0.2, 0.25) is 0 Å². The second-order valence-electron chi connectivity index (χ2n) is 5.71. The molecule has 1 aliphatic rings. The number of hydrogen-bond acceptors (Lipinski definition) is 2. The van der Waals surface area contributed by atoms with Crippen LogP contribution in [-0.4, -0.2) is 25.5 Å². The quantitative estimate of drug-likeness (QED) is 0.671. The van der Waals surface area contributed by atoms with E-state index in [0.29, 0.717) is 0 Å². The van der Waals surface area contributed by atoms with Crippen molar-refractivity contribution in [2.75, 3.05) is 19.6 Å². The summed E-state index contributed by atoms with van der Waals surface area (Å²) in [6.45, 7) is 9.28. The maximum Gasteiger partial charge on any atom is 0.227 e. The molecule has 1 amide bonds. The van der Waals surface area contributed by atoms with E-state index >= 15 is 0 Å². The maximum absolute atomic E-state index is 12.1. The van der Waals surface area contributed by atoms with Crippen LogP contribution in [0.25, 0.3) is 0 Å². The zero-order valence-corrected chi connectivity index (χ0v) is 11.6. The van der Waals surface area contributed by atoms with Crippen molar-refractivity contribution in [3.63, 3.8) is 0 Å². The summed E-state index contributed by atoms with van der Waals surface area (Å²) < 4.78 is 0. The van der Waals surface area contributed by atoms with Crippen molar-refractivity contribution in [1.29, 1.82) is 0 Å². The van der Waals surface area contributed by atoms with Crippen molar-refractivity contribution >= 4 is 5.91 Å². The summed E-state index contributed by atoms with van der Waals surface area (Å²) >= 11 is 0. The molecular weight excluding hydrogens is 212 g/mol. The zero-order valence-electron chi connectivity index (χ0n) is 11.6. The first-order valence-electron chi connectivity index (χ1n) is 7.10. The van der Waals surface area contributed by atoms with Gasteiger partial charge in [0.2, 0.25) is 5.91 Å². The lowest BCUT2D eigenvalue weighted by Crippen LogP contribution is -2.42. The monoisotopic (exact) mass is 240 g/mol. The van der Waals surface area contributed by atoms with E-state index in [0.717, 1.165) is 44.8 Å². The number of carbonyl (C=O) groups is 1. The van der Waals surface area contributed by atoms with Gasteiger partial charge in [0.25, 0.3) is 0 Å². The lowest BCUT2D eigenvalue weighted by atomic mass is 9.83. The highest BCUT2D eigenvalue weighted by molar-refractivity contribution is 5.83. The van der Waals surface area contributed by atoms with Crippen molar-refractivity contribution in [2.24, 2.45) is 11.3 Å². The maximum atomic E-state index is 12.1. The fourth-order valence-electron chi connectivity index (χ4n) is 2.47. The van der Waals surface area contributed by atoms with Gasteiger partial charge in [-0.25, -0.2) is 0 Å². The Kier molecular flexibility index (Phi) is 5.96. The predicted octanol–water partition coefficient (Wildman–Crippen LogP) is 2.32. The highest BCUT2D eigenvalue weighted by atomic mass is 16.2. The molecule has 3 heteroatoms. The molecular formula is C14H28N2O. The molecule has 1 atom stereocenters. The third-order valence-corrected chi connectivity index (χ3v) is 3.90. The summed E-state index contributed by atoms with van der Waals surface area (Å²) in [5.41, 5.74) is -0.127. The first-order chi connectivity index (χ1) is 8.10. The molecule has 3 nitrogen and oxygen atoms in total. The minimum Gasteiger partial charge on any atom is -0.356 e. The Morgan fingerprint density at radius 3 is 2.71 bits per heavy atom. The standard InChI is InChI=1S/C14H28N2O/c1-4-14(8-10-15-11-14)13(17)16-9-6-5-7-12(2)3/h12,15H,4-11H2,1-3H3,(H,16,17). The van der Waals surface area contributed by atoms with Gasteiger partial charge in [-0.3, -0.25) is 4.79 Å². The van der Waals surface area contributed by atoms with E-state index in [2.05, 4.69) is 31.4 Å². The molecule has 1 fully saturated rings. The van der Waals surface area contributed by atoms with Gasteiger partial charge >= 0.3 is 0 Å². The zero-order chi connectivity index (χ0) is 12.7. The Balaban J connectivity index is 2.20. The number of carbonyl (C=O) groups excluding carboxylic acids is 1. The summed E-state index contributed by atoms with van der Waals surface area (Å²) in [5, 5.41) is 6.41. The Morgan fingerprint density at radius 1 is 1.41 bits per heavy atom. The molecule has 0 radical (unpaired) electrons. The van der Waals surface area contributed by atoms with Crippen LogP contribution in [0.3, 0.4) is 0 Å². The first kappa shape index (κ1) is 14.5.